The van der Waals surface area contributed by atoms with Crippen LogP contribution in [0.2, 0.25) is 5.02 Å². The van der Waals surface area contributed by atoms with Crippen LogP contribution >= 0.6 is 11.6 Å². The smallest absolute Gasteiger partial charge is 0.252 e. The maximum atomic E-state index is 11.9. The van der Waals surface area contributed by atoms with Crippen LogP contribution in [0.3, 0.4) is 0 Å². The highest BCUT2D eigenvalue weighted by Crippen LogP contribution is 2.25. The van der Waals surface area contributed by atoms with Gasteiger partial charge in [0.05, 0.1) is 5.69 Å². The van der Waals surface area contributed by atoms with Crippen molar-refractivity contribution in [3.05, 3.63) is 75.5 Å². The average Bonchev–Trinajstić information content (AvgIpc) is 2.52. The first-order valence-corrected chi connectivity index (χ1v) is 7.20. The molecule has 0 bridgehead atoms. The summed E-state index contributed by atoms with van der Waals surface area (Å²) in [4.78, 5) is 19.0. The van der Waals surface area contributed by atoms with Gasteiger partial charge in [-0.25, -0.2) is 4.98 Å². The summed E-state index contributed by atoms with van der Waals surface area (Å²) in [6.45, 7) is 1.91. The van der Waals surface area contributed by atoms with Gasteiger partial charge < -0.3 is 5.32 Å². The van der Waals surface area contributed by atoms with Crippen molar-refractivity contribution < 1.29 is 0 Å². The van der Waals surface area contributed by atoms with Crippen molar-refractivity contribution in [2.75, 3.05) is 5.32 Å². The average molecular weight is 312 g/mol. The van der Waals surface area contributed by atoms with Gasteiger partial charge in [-0.05, 0) is 24.6 Å². The van der Waals surface area contributed by atoms with Crippen molar-refractivity contribution >= 4 is 23.2 Å². The van der Waals surface area contributed by atoms with Gasteiger partial charge in [-0.3, -0.25) is 9.78 Å². The number of hydrogen-bond donors (Lipinski definition) is 2. The van der Waals surface area contributed by atoms with Crippen molar-refractivity contribution in [2.45, 2.75) is 6.92 Å². The minimum atomic E-state index is -0.212. The van der Waals surface area contributed by atoms with E-state index < -0.39 is 0 Å². The molecule has 0 fully saturated rings. The van der Waals surface area contributed by atoms with Crippen LogP contribution in [0.1, 0.15) is 5.56 Å². The molecule has 2 N–H and O–H groups in total. The first kappa shape index (κ1) is 14.4. The van der Waals surface area contributed by atoms with Gasteiger partial charge >= 0.3 is 0 Å². The molecule has 3 rings (SSSR count). The normalized spacial score (nSPS) is 10.5. The maximum absolute atomic E-state index is 11.9. The zero-order valence-electron chi connectivity index (χ0n) is 11.9. The van der Waals surface area contributed by atoms with Crippen molar-refractivity contribution in [3.63, 3.8) is 0 Å². The van der Waals surface area contributed by atoms with E-state index in [1.165, 1.54) is 6.07 Å². The number of nitrogens with zero attached hydrogens (tertiary/aromatic N) is 1. The lowest BCUT2D eigenvalue weighted by molar-refractivity contribution is 1.12. The van der Waals surface area contributed by atoms with Crippen LogP contribution in [0.15, 0.2) is 59.4 Å². The molecular formula is C17H14ClN3O. The third-order valence-electron chi connectivity index (χ3n) is 3.33. The van der Waals surface area contributed by atoms with Crippen molar-refractivity contribution in [2.24, 2.45) is 0 Å². The molecule has 0 saturated carbocycles. The van der Waals surface area contributed by atoms with Crippen LogP contribution in [0.25, 0.3) is 11.3 Å². The summed E-state index contributed by atoms with van der Waals surface area (Å²) < 4.78 is 0. The van der Waals surface area contributed by atoms with E-state index in [0.29, 0.717) is 16.7 Å². The Labute approximate surface area is 132 Å². The fraction of sp³-hybridized carbons (Fsp3) is 0.0588. The van der Waals surface area contributed by atoms with Gasteiger partial charge in [-0.1, -0.05) is 48.0 Å². The van der Waals surface area contributed by atoms with Crippen LogP contribution < -0.4 is 10.9 Å². The number of hydrogen-bond acceptors (Lipinski definition) is 3. The van der Waals surface area contributed by atoms with E-state index in [1.807, 2.05) is 55.5 Å². The molecule has 1 heterocycles. The molecule has 110 valence electrons. The Bertz CT molecular complexity index is 859. The highest BCUT2D eigenvalue weighted by atomic mass is 35.5. The second-order valence-corrected chi connectivity index (χ2v) is 5.29. The van der Waals surface area contributed by atoms with Crippen molar-refractivity contribution in [1.82, 2.24) is 9.97 Å². The molecule has 2 aromatic carbocycles. The van der Waals surface area contributed by atoms with E-state index in [2.05, 4.69) is 15.3 Å². The second kappa shape index (κ2) is 6.03. The number of aromatic nitrogens is 2. The Balaban J connectivity index is 2.00. The molecule has 5 heteroatoms. The number of H-pyrrole nitrogens is 1. The lowest BCUT2D eigenvalue weighted by Gasteiger charge is -2.10. The maximum Gasteiger partial charge on any atom is 0.252 e. The fourth-order valence-electron chi connectivity index (χ4n) is 2.14. The fourth-order valence-corrected chi connectivity index (χ4v) is 2.32. The molecule has 0 saturated heterocycles. The second-order valence-electron chi connectivity index (χ2n) is 4.88. The third-order valence-corrected chi connectivity index (χ3v) is 3.74. The van der Waals surface area contributed by atoms with Crippen LogP contribution in [-0.2, 0) is 0 Å². The predicted octanol–water partition coefficient (Wildman–Crippen LogP) is 4.14. The summed E-state index contributed by atoms with van der Waals surface area (Å²) in [6, 6.07) is 16.6. The summed E-state index contributed by atoms with van der Waals surface area (Å²) in [5.74, 6) is 0.386. The van der Waals surface area contributed by atoms with E-state index in [0.717, 1.165) is 16.8 Å². The monoisotopic (exact) mass is 311 g/mol. The minimum Gasteiger partial charge on any atom is -0.325 e. The molecule has 0 aliphatic rings. The Hall–Kier alpha value is -2.59. The molecular weight excluding hydrogens is 298 g/mol. The summed E-state index contributed by atoms with van der Waals surface area (Å²) in [7, 11) is 0. The largest absolute Gasteiger partial charge is 0.325 e. The molecule has 0 amide bonds. The molecule has 1 aromatic heterocycles. The van der Waals surface area contributed by atoms with Gasteiger partial charge in [0.25, 0.3) is 5.56 Å². The number of rotatable bonds is 3. The highest BCUT2D eigenvalue weighted by molar-refractivity contribution is 6.31. The van der Waals surface area contributed by atoms with Gasteiger partial charge in [0.15, 0.2) is 0 Å². The summed E-state index contributed by atoms with van der Waals surface area (Å²) in [6.07, 6.45) is 0. The van der Waals surface area contributed by atoms with Crippen LogP contribution in [0, 0.1) is 6.92 Å². The number of nitrogens with one attached hydrogen (secondary N) is 2. The molecule has 22 heavy (non-hydrogen) atoms. The van der Waals surface area contributed by atoms with Crippen LogP contribution in [-0.4, -0.2) is 9.97 Å². The minimum absolute atomic E-state index is 0.212. The van der Waals surface area contributed by atoms with Gasteiger partial charge in [0, 0.05) is 22.3 Å². The van der Waals surface area contributed by atoms with Gasteiger partial charge in [0.1, 0.15) is 0 Å². The standard InChI is InChI=1S/C17H14ClN3O/c1-11-13(18)8-5-9-14(11)19-17-20-15(10-16(22)21-17)12-6-3-2-4-7-12/h2-10H,1H3,(H2,19,20,21,22). The SMILES string of the molecule is Cc1c(Cl)cccc1Nc1nc(-c2ccccc2)cc(=O)[nH]1. The van der Waals surface area contributed by atoms with Gasteiger partial charge in [-0.15, -0.1) is 0 Å². The van der Waals surface area contributed by atoms with E-state index >= 15 is 0 Å². The number of halogens is 1. The Morgan fingerprint density at radius 3 is 2.64 bits per heavy atom. The molecule has 0 atom stereocenters. The first-order chi connectivity index (χ1) is 10.6. The number of aromatic amines is 1. The van der Waals surface area contributed by atoms with Crippen molar-refractivity contribution in [3.8, 4) is 11.3 Å². The predicted molar refractivity (Wildman–Crippen MR) is 89.8 cm³/mol. The zero-order chi connectivity index (χ0) is 15.5. The zero-order valence-corrected chi connectivity index (χ0v) is 12.7. The molecule has 0 aliphatic carbocycles. The molecule has 0 unspecified atom stereocenters. The number of benzene rings is 2. The Morgan fingerprint density at radius 1 is 1.09 bits per heavy atom. The molecule has 0 spiro atoms. The van der Waals surface area contributed by atoms with Gasteiger partial charge in [-0.2, -0.15) is 0 Å². The van der Waals surface area contributed by atoms with Crippen molar-refractivity contribution in [1.29, 1.82) is 0 Å². The van der Waals surface area contributed by atoms with Gasteiger partial charge in [0.2, 0.25) is 5.95 Å². The third kappa shape index (κ3) is 3.02. The highest BCUT2D eigenvalue weighted by Gasteiger charge is 2.06. The Kier molecular flexibility index (Phi) is 3.94. The quantitative estimate of drug-likeness (QED) is 0.764. The van der Waals surface area contributed by atoms with E-state index in [9.17, 15) is 4.79 Å². The van der Waals surface area contributed by atoms with Crippen LogP contribution in [0.5, 0.6) is 0 Å². The summed E-state index contributed by atoms with van der Waals surface area (Å²) in [5.41, 5.74) is 3.00. The lowest BCUT2D eigenvalue weighted by Crippen LogP contribution is -2.10. The Morgan fingerprint density at radius 2 is 1.86 bits per heavy atom. The topological polar surface area (TPSA) is 57.8 Å². The lowest BCUT2D eigenvalue weighted by atomic mass is 10.1. The van der Waals surface area contributed by atoms with E-state index in [4.69, 9.17) is 11.6 Å². The molecule has 3 aromatic rings. The van der Waals surface area contributed by atoms with Crippen LogP contribution in [0.4, 0.5) is 11.6 Å². The van der Waals surface area contributed by atoms with E-state index in [1.54, 1.807) is 0 Å². The summed E-state index contributed by atoms with van der Waals surface area (Å²) >= 11 is 6.11. The molecule has 4 nitrogen and oxygen atoms in total. The molecule has 0 aliphatic heterocycles. The first-order valence-electron chi connectivity index (χ1n) is 6.82. The molecule has 0 radical (unpaired) electrons. The summed E-state index contributed by atoms with van der Waals surface area (Å²) in [5, 5.41) is 3.77. The number of anilines is 2. The van der Waals surface area contributed by atoms with E-state index in [-0.39, 0.29) is 5.56 Å².